The Morgan fingerprint density at radius 3 is 3.08 bits per heavy atom. The molecule has 0 aliphatic heterocycles. The maximum atomic E-state index is 4.18. The van der Waals surface area contributed by atoms with Gasteiger partial charge in [-0.15, -0.1) is 0 Å². The minimum Gasteiger partial charge on any atom is -0.333 e. The third-order valence-corrected chi connectivity index (χ3v) is 1.87. The zero-order chi connectivity index (χ0) is 8.55. The monoisotopic (exact) mass is 159 g/mol. The van der Waals surface area contributed by atoms with Gasteiger partial charge in [0.2, 0.25) is 0 Å². The van der Waals surface area contributed by atoms with Crippen LogP contribution in [0.2, 0.25) is 0 Å². The molecule has 0 spiro atoms. The van der Waals surface area contributed by atoms with E-state index in [0.717, 1.165) is 16.6 Å². The van der Waals surface area contributed by atoms with E-state index in [2.05, 4.69) is 16.5 Å². The molecule has 0 N–H and O–H groups in total. The van der Waals surface area contributed by atoms with Gasteiger partial charge in [-0.3, -0.25) is 4.98 Å². The lowest BCUT2D eigenvalue weighted by molar-refractivity contribution is 0.946. The van der Waals surface area contributed by atoms with Crippen molar-refractivity contribution in [2.45, 2.75) is 0 Å². The molecule has 0 aliphatic carbocycles. The summed E-state index contributed by atoms with van der Waals surface area (Å²) in [5, 5.41) is 0. The minimum absolute atomic E-state index is 0.912. The van der Waals surface area contributed by atoms with E-state index >= 15 is 0 Å². The largest absolute Gasteiger partial charge is 0.333 e. The SMILES string of the molecule is C=Cc1cncc2ncn(C)c12. The standard InChI is InChI=1S/C9H9N3/c1-3-7-4-10-5-8-9(7)12(2)6-11-8/h3-6H,1H2,2H3. The molecule has 3 nitrogen and oxygen atoms in total. The molecule has 0 fully saturated rings. The average molecular weight is 159 g/mol. The molecular weight excluding hydrogens is 150 g/mol. The summed E-state index contributed by atoms with van der Waals surface area (Å²) in [6.07, 6.45) is 7.11. The predicted molar refractivity (Wildman–Crippen MR) is 48.6 cm³/mol. The summed E-state index contributed by atoms with van der Waals surface area (Å²) < 4.78 is 1.97. The Morgan fingerprint density at radius 1 is 1.50 bits per heavy atom. The first-order chi connectivity index (χ1) is 5.83. The van der Waals surface area contributed by atoms with Crippen molar-refractivity contribution in [2.75, 3.05) is 0 Å². The van der Waals surface area contributed by atoms with E-state index in [4.69, 9.17) is 0 Å². The number of aromatic nitrogens is 3. The second-order valence-electron chi connectivity index (χ2n) is 2.66. The van der Waals surface area contributed by atoms with Crippen LogP contribution in [-0.4, -0.2) is 14.5 Å². The highest BCUT2D eigenvalue weighted by molar-refractivity contribution is 5.83. The van der Waals surface area contributed by atoms with Gasteiger partial charge in [0.1, 0.15) is 5.52 Å². The maximum absolute atomic E-state index is 4.18. The number of aryl methyl sites for hydroxylation is 1. The first-order valence-corrected chi connectivity index (χ1v) is 3.70. The van der Waals surface area contributed by atoms with Gasteiger partial charge in [-0.1, -0.05) is 12.7 Å². The van der Waals surface area contributed by atoms with Crippen LogP contribution in [0.3, 0.4) is 0 Å². The zero-order valence-electron chi connectivity index (χ0n) is 6.86. The van der Waals surface area contributed by atoms with E-state index in [-0.39, 0.29) is 0 Å². The molecule has 0 bridgehead atoms. The second kappa shape index (κ2) is 2.44. The molecule has 12 heavy (non-hydrogen) atoms. The average Bonchev–Trinajstić information content (AvgIpc) is 2.48. The third kappa shape index (κ3) is 0.830. The van der Waals surface area contributed by atoms with Gasteiger partial charge < -0.3 is 4.57 Å². The number of nitrogens with zero attached hydrogens (tertiary/aromatic N) is 3. The van der Waals surface area contributed by atoms with Gasteiger partial charge in [-0.25, -0.2) is 4.98 Å². The summed E-state index contributed by atoms with van der Waals surface area (Å²) >= 11 is 0. The highest BCUT2D eigenvalue weighted by Gasteiger charge is 2.02. The van der Waals surface area contributed by atoms with Crippen molar-refractivity contribution in [3.8, 4) is 0 Å². The van der Waals surface area contributed by atoms with Crippen molar-refractivity contribution in [3.05, 3.63) is 30.9 Å². The number of fused-ring (bicyclic) bond motifs is 1. The van der Waals surface area contributed by atoms with Gasteiger partial charge in [0, 0.05) is 18.8 Å². The van der Waals surface area contributed by atoms with Gasteiger partial charge in [0.25, 0.3) is 0 Å². The summed E-state index contributed by atoms with van der Waals surface area (Å²) in [6.45, 7) is 3.72. The summed E-state index contributed by atoms with van der Waals surface area (Å²) in [5.74, 6) is 0. The van der Waals surface area contributed by atoms with Gasteiger partial charge in [0.15, 0.2) is 0 Å². The van der Waals surface area contributed by atoms with E-state index < -0.39 is 0 Å². The maximum Gasteiger partial charge on any atom is 0.107 e. The van der Waals surface area contributed by atoms with Crippen LogP contribution >= 0.6 is 0 Å². The van der Waals surface area contributed by atoms with E-state index in [1.165, 1.54) is 0 Å². The molecule has 2 heterocycles. The number of rotatable bonds is 1. The number of imidazole rings is 1. The predicted octanol–water partition coefficient (Wildman–Crippen LogP) is 1.61. The van der Waals surface area contributed by atoms with E-state index in [1.807, 2.05) is 11.6 Å². The summed E-state index contributed by atoms with van der Waals surface area (Å²) in [5.41, 5.74) is 3.02. The normalized spacial score (nSPS) is 10.4. The van der Waals surface area contributed by atoms with Crippen molar-refractivity contribution in [1.82, 2.24) is 14.5 Å². The summed E-state index contributed by atoms with van der Waals surface area (Å²) in [6, 6.07) is 0. The number of hydrogen-bond donors (Lipinski definition) is 0. The van der Waals surface area contributed by atoms with Crippen LogP contribution in [0.4, 0.5) is 0 Å². The Balaban J connectivity index is 2.93. The topological polar surface area (TPSA) is 30.7 Å². The molecule has 0 aliphatic rings. The van der Waals surface area contributed by atoms with Crippen molar-refractivity contribution < 1.29 is 0 Å². The Morgan fingerprint density at radius 2 is 2.33 bits per heavy atom. The summed E-state index contributed by atoms with van der Waals surface area (Å²) in [7, 11) is 1.96. The van der Waals surface area contributed by atoms with Crippen molar-refractivity contribution in [2.24, 2.45) is 7.05 Å². The highest BCUT2D eigenvalue weighted by atomic mass is 15.0. The van der Waals surface area contributed by atoms with Crippen molar-refractivity contribution >= 4 is 17.1 Å². The Labute approximate surface area is 70.4 Å². The Hall–Kier alpha value is -1.64. The molecule has 0 saturated heterocycles. The lowest BCUT2D eigenvalue weighted by Crippen LogP contribution is -1.87. The molecule has 0 radical (unpaired) electrons. The quantitative estimate of drug-likeness (QED) is 0.633. The zero-order valence-corrected chi connectivity index (χ0v) is 6.86. The third-order valence-electron chi connectivity index (χ3n) is 1.87. The lowest BCUT2D eigenvalue weighted by atomic mass is 10.2. The van der Waals surface area contributed by atoms with Gasteiger partial charge in [0.05, 0.1) is 18.0 Å². The van der Waals surface area contributed by atoms with Crippen LogP contribution < -0.4 is 0 Å². The lowest BCUT2D eigenvalue weighted by Gasteiger charge is -1.97. The fourth-order valence-electron chi connectivity index (χ4n) is 1.29. The highest BCUT2D eigenvalue weighted by Crippen LogP contribution is 2.15. The van der Waals surface area contributed by atoms with Gasteiger partial charge in [-0.2, -0.15) is 0 Å². The first-order valence-electron chi connectivity index (χ1n) is 3.70. The number of pyridine rings is 1. The Bertz CT molecular complexity index is 428. The molecule has 2 aromatic heterocycles. The van der Waals surface area contributed by atoms with Gasteiger partial charge >= 0.3 is 0 Å². The van der Waals surface area contributed by atoms with Gasteiger partial charge in [-0.05, 0) is 0 Å². The molecule has 2 rings (SSSR count). The smallest absolute Gasteiger partial charge is 0.107 e. The van der Waals surface area contributed by atoms with Crippen LogP contribution in [-0.2, 0) is 7.05 Å². The fraction of sp³-hybridized carbons (Fsp3) is 0.111. The molecule has 0 atom stereocenters. The molecule has 0 amide bonds. The van der Waals surface area contributed by atoms with E-state index in [0.29, 0.717) is 0 Å². The first kappa shape index (κ1) is 7.03. The van der Waals surface area contributed by atoms with Crippen LogP contribution in [0.5, 0.6) is 0 Å². The fourth-order valence-corrected chi connectivity index (χ4v) is 1.29. The second-order valence-corrected chi connectivity index (χ2v) is 2.66. The Kier molecular flexibility index (Phi) is 1.43. The molecular formula is C9H9N3. The number of hydrogen-bond acceptors (Lipinski definition) is 2. The van der Waals surface area contributed by atoms with Crippen LogP contribution in [0.1, 0.15) is 5.56 Å². The van der Waals surface area contributed by atoms with Crippen LogP contribution in [0, 0.1) is 0 Å². The minimum atomic E-state index is 0.912. The molecule has 3 heteroatoms. The van der Waals surface area contributed by atoms with E-state index in [9.17, 15) is 0 Å². The van der Waals surface area contributed by atoms with Crippen molar-refractivity contribution in [1.29, 1.82) is 0 Å². The van der Waals surface area contributed by atoms with Crippen LogP contribution in [0.25, 0.3) is 17.1 Å². The van der Waals surface area contributed by atoms with Crippen molar-refractivity contribution in [3.63, 3.8) is 0 Å². The molecule has 2 aromatic rings. The molecule has 0 saturated carbocycles. The summed E-state index contributed by atoms with van der Waals surface area (Å²) in [4.78, 5) is 8.23. The molecule has 0 aromatic carbocycles. The molecule has 60 valence electrons. The molecule has 0 unspecified atom stereocenters. The van der Waals surface area contributed by atoms with Crippen LogP contribution in [0.15, 0.2) is 25.3 Å². The van der Waals surface area contributed by atoms with E-state index in [1.54, 1.807) is 24.8 Å².